The Labute approximate surface area is 171 Å². The minimum atomic E-state index is -0.983. The lowest BCUT2D eigenvalue weighted by molar-refractivity contribution is -0.130. The first-order chi connectivity index (χ1) is 14.1. The molecule has 0 atom stereocenters. The summed E-state index contributed by atoms with van der Waals surface area (Å²) in [6.07, 6.45) is 4.99. The van der Waals surface area contributed by atoms with Gasteiger partial charge in [-0.2, -0.15) is 0 Å². The van der Waals surface area contributed by atoms with Gasteiger partial charge < -0.3 is 14.9 Å². The number of allylic oxidation sites excluding steroid dienone is 1. The summed E-state index contributed by atoms with van der Waals surface area (Å²) in [4.78, 5) is 12.0. The van der Waals surface area contributed by atoms with Gasteiger partial charge in [0.2, 0.25) is 0 Å². The van der Waals surface area contributed by atoms with Crippen LogP contribution in [0.4, 0.5) is 0 Å². The molecule has 0 saturated heterocycles. The van der Waals surface area contributed by atoms with Gasteiger partial charge in [0.05, 0.1) is 12.7 Å². The number of ether oxygens (including phenoxy) is 1. The van der Waals surface area contributed by atoms with E-state index in [9.17, 15) is 15.0 Å². The molecular weight excluding hydrogens is 364 g/mol. The van der Waals surface area contributed by atoms with Crippen LogP contribution in [0.2, 0.25) is 0 Å². The molecule has 3 aromatic rings. The summed E-state index contributed by atoms with van der Waals surface area (Å²) in [6.45, 7) is 2.07. The van der Waals surface area contributed by atoms with Crippen LogP contribution in [0.15, 0.2) is 60.7 Å². The molecule has 150 valence electrons. The van der Waals surface area contributed by atoms with Crippen LogP contribution in [-0.2, 0) is 11.2 Å². The number of rotatable bonds is 8. The van der Waals surface area contributed by atoms with E-state index in [2.05, 4.69) is 6.92 Å². The average molecular weight is 390 g/mol. The van der Waals surface area contributed by atoms with Gasteiger partial charge in [-0.3, -0.25) is 0 Å². The molecule has 0 spiro atoms. The van der Waals surface area contributed by atoms with Crippen molar-refractivity contribution in [2.75, 3.05) is 7.11 Å². The highest BCUT2D eigenvalue weighted by Crippen LogP contribution is 2.41. The Morgan fingerprint density at radius 3 is 2.52 bits per heavy atom. The number of aliphatic carboxylic acids is 1. The van der Waals surface area contributed by atoms with E-state index in [4.69, 9.17) is 4.74 Å². The molecular formula is C25H26O4. The van der Waals surface area contributed by atoms with Crippen molar-refractivity contribution in [3.05, 3.63) is 77.4 Å². The highest BCUT2D eigenvalue weighted by atomic mass is 16.5. The minimum Gasteiger partial charge on any atom is -0.504 e. The molecule has 0 saturated carbocycles. The van der Waals surface area contributed by atoms with Crippen molar-refractivity contribution in [3.8, 4) is 11.5 Å². The van der Waals surface area contributed by atoms with Gasteiger partial charge in [-0.25, -0.2) is 4.79 Å². The van der Waals surface area contributed by atoms with Crippen molar-refractivity contribution in [2.45, 2.75) is 32.6 Å². The van der Waals surface area contributed by atoms with Crippen molar-refractivity contribution in [3.63, 3.8) is 0 Å². The maximum absolute atomic E-state index is 12.0. The second-order valence-electron chi connectivity index (χ2n) is 7.04. The zero-order valence-corrected chi connectivity index (χ0v) is 16.8. The van der Waals surface area contributed by atoms with E-state index in [0.717, 1.165) is 24.0 Å². The number of carboxylic acid groups (broad SMARTS) is 1. The standard InChI is InChI=1S/C25H26O4/c1-3-4-6-13-20(25(27)28)21-16-22(29-2)24(26)23-18(12-9-14-19(21)23)15-17-10-7-5-8-11-17/h5,7-14,16,26H,3-4,6,15H2,1-2H3,(H,27,28)/b20-13-. The van der Waals surface area contributed by atoms with Crippen LogP contribution < -0.4 is 4.74 Å². The van der Waals surface area contributed by atoms with Crippen molar-refractivity contribution in [2.24, 2.45) is 0 Å². The SMILES string of the molecule is CCCC/C=C(\C(=O)O)c1cc(OC)c(O)c2c(Cc3ccccc3)cccc12. The Hall–Kier alpha value is -3.27. The Bertz CT molecular complexity index is 1040. The number of carbonyl (C=O) groups is 1. The molecule has 3 aromatic carbocycles. The molecule has 2 N–H and O–H groups in total. The van der Waals surface area contributed by atoms with Crippen LogP contribution in [0.25, 0.3) is 16.3 Å². The fourth-order valence-electron chi connectivity index (χ4n) is 3.61. The molecule has 0 aliphatic heterocycles. The smallest absolute Gasteiger partial charge is 0.335 e. The van der Waals surface area contributed by atoms with Gasteiger partial charge in [-0.1, -0.05) is 74.4 Å². The third-order valence-electron chi connectivity index (χ3n) is 5.07. The highest BCUT2D eigenvalue weighted by molar-refractivity contribution is 6.20. The van der Waals surface area contributed by atoms with Crippen LogP contribution in [0.5, 0.6) is 11.5 Å². The van der Waals surface area contributed by atoms with Gasteiger partial charge in [0, 0.05) is 10.9 Å². The Kier molecular flexibility index (Phi) is 6.55. The number of aromatic hydroxyl groups is 1. The summed E-state index contributed by atoms with van der Waals surface area (Å²) in [6, 6.07) is 17.3. The number of unbranched alkanes of at least 4 members (excludes halogenated alkanes) is 2. The fraction of sp³-hybridized carbons (Fsp3) is 0.240. The second-order valence-corrected chi connectivity index (χ2v) is 7.04. The first kappa shape index (κ1) is 20.5. The first-order valence-corrected chi connectivity index (χ1v) is 9.86. The Balaban J connectivity index is 2.24. The van der Waals surface area contributed by atoms with Crippen LogP contribution in [0.1, 0.15) is 42.9 Å². The maximum Gasteiger partial charge on any atom is 0.335 e. The van der Waals surface area contributed by atoms with Gasteiger partial charge >= 0.3 is 5.97 Å². The number of phenolic OH excluding ortho intramolecular Hbond substituents is 1. The maximum atomic E-state index is 12.0. The van der Waals surface area contributed by atoms with E-state index in [1.54, 1.807) is 12.1 Å². The van der Waals surface area contributed by atoms with Gasteiger partial charge in [-0.05, 0) is 35.4 Å². The molecule has 4 heteroatoms. The molecule has 0 unspecified atom stereocenters. The normalized spacial score (nSPS) is 11.6. The van der Waals surface area contributed by atoms with E-state index in [-0.39, 0.29) is 17.1 Å². The number of benzene rings is 3. The molecule has 0 radical (unpaired) electrons. The van der Waals surface area contributed by atoms with Gasteiger partial charge in [0.15, 0.2) is 11.5 Å². The molecule has 29 heavy (non-hydrogen) atoms. The zero-order valence-electron chi connectivity index (χ0n) is 16.8. The van der Waals surface area contributed by atoms with E-state index in [0.29, 0.717) is 29.2 Å². The summed E-state index contributed by atoms with van der Waals surface area (Å²) in [5.41, 5.74) is 2.83. The van der Waals surface area contributed by atoms with Crippen LogP contribution in [-0.4, -0.2) is 23.3 Å². The third-order valence-corrected chi connectivity index (χ3v) is 5.07. The lowest BCUT2D eigenvalue weighted by Gasteiger charge is -2.16. The molecule has 0 aliphatic rings. The molecule has 4 nitrogen and oxygen atoms in total. The highest BCUT2D eigenvalue weighted by Gasteiger charge is 2.20. The topological polar surface area (TPSA) is 66.8 Å². The molecule has 0 bridgehead atoms. The summed E-state index contributed by atoms with van der Waals surface area (Å²) < 4.78 is 5.38. The third kappa shape index (κ3) is 4.43. The summed E-state index contributed by atoms with van der Waals surface area (Å²) in [5, 5.41) is 22.1. The van der Waals surface area contributed by atoms with Crippen LogP contribution in [0.3, 0.4) is 0 Å². The Morgan fingerprint density at radius 1 is 1.10 bits per heavy atom. The van der Waals surface area contributed by atoms with Crippen LogP contribution in [0, 0.1) is 0 Å². The lowest BCUT2D eigenvalue weighted by Crippen LogP contribution is -2.03. The van der Waals surface area contributed by atoms with Crippen molar-refractivity contribution in [1.29, 1.82) is 0 Å². The lowest BCUT2D eigenvalue weighted by atomic mass is 9.91. The van der Waals surface area contributed by atoms with Gasteiger partial charge in [0.25, 0.3) is 0 Å². The van der Waals surface area contributed by atoms with Crippen molar-refractivity contribution >= 4 is 22.3 Å². The van der Waals surface area contributed by atoms with E-state index >= 15 is 0 Å². The second kappa shape index (κ2) is 9.28. The van der Waals surface area contributed by atoms with E-state index < -0.39 is 5.97 Å². The summed E-state index contributed by atoms with van der Waals surface area (Å²) in [5.74, 6) is -0.671. The number of phenols is 1. The first-order valence-electron chi connectivity index (χ1n) is 9.86. The summed E-state index contributed by atoms with van der Waals surface area (Å²) >= 11 is 0. The van der Waals surface area contributed by atoms with Crippen molar-refractivity contribution in [1.82, 2.24) is 0 Å². The molecule has 0 fully saturated rings. The number of hydrogen-bond donors (Lipinski definition) is 2. The molecule has 0 aliphatic carbocycles. The average Bonchev–Trinajstić information content (AvgIpc) is 2.73. The quantitative estimate of drug-likeness (QED) is 0.377. The predicted octanol–water partition coefficient (Wildman–Crippen LogP) is 5.80. The number of fused-ring (bicyclic) bond motifs is 1. The zero-order chi connectivity index (χ0) is 20.8. The number of hydrogen-bond acceptors (Lipinski definition) is 3. The van der Waals surface area contributed by atoms with Gasteiger partial charge in [-0.15, -0.1) is 0 Å². The Morgan fingerprint density at radius 2 is 1.86 bits per heavy atom. The monoisotopic (exact) mass is 390 g/mol. The molecule has 3 rings (SSSR count). The number of methoxy groups -OCH3 is 1. The number of carboxylic acids is 1. The van der Waals surface area contributed by atoms with Gasteiger partial charge in [0.1, 0.15) is 0 Å². The minimum absolute atomic E-state index is 0.0380. The fourth-order valence-corrected chi connectivity index (χ4v) is 3.61. The molecule has 0 aromatic heterocycles. The van der Waals surface area contributed by atoms with Crippen molar-refractivity contribution < 1.29 is 19.7 Å². The largest absolute Gasteiger partial charge is 0.504 e. The predicted molar refractivity (Wildman–Crippen MR) is 117 cm³/mol. The van der Waals surface area contributed by atoms with Crippen LogP contribution >= 0.6 is 0 Å². The summed E-state index contributed by atoms with van der Waals surface area (Å²) in [7, 11) is 1.48. The molecule has 0 amide bonds. The van der Waals surface area contributed by atoms with E-state index in [1.807, 2.05) is 48.5 Å². The molecule has 0 heterocycles. The van der Waals surface area contributed by atoms with E-state index in [1.165, 1.54) is 7.11 Å².